The van der Waals surface area contributed by atoms with Gasteiger partial charge in [-0.05, 0) is 69.6 Å². The molecule has 0 aliphatic rings. The summed E-state index contributed by atoms with van der Waals surface area (Å²) in [4.78, 5) is 0. The molecule has 0 saturated heterocycles. The average molecular weight is 220 g/mol. The van der Waals surface area contributed by atoms with E-state index in [2.05, 4.69) is 44.4 Å². The molecule has 1 unspecified atom stereocenters. The van der Waals surface area contributed by atoms with Gasteiger partial charge in [0.2, 0.25) is 0 Å². The molecule has 0 spiro atoms. The second kappa shape index (κ2) is 5.46. The molecule has 2 N–H and O–H groups in total. The highest BCUT2D eigenvalue weighted by Crippen LogP contribution is 2.26. The van der Waals surface area contributed by atoms with Crippen molar-refractivity contribution in [3.8, 4) is 0 Å². The highest BCUT2D eigenvalue weighted by molar-refractivity contribution is 5.45. The molecule has 0 aromatic heterocycles. The molecule has 0 saturated carbocycles. The van der Waals surface area contributed by atoms with Crippen molar-refractivity contribution in [3.05, 3.63) is 33.9 Å². The van der Waals surface area contributed by atoms with Gasteiger partial charge in [0.15, 0.2) is 0 Å². The van der Waals surface area contributed by atoms with E-state index in [4.69, 9.17) is 0 Å². The molecule has 16 heavy (non-hydrogen) atoms. The van der Waals surface area contributed by atoms with Gasteiger partial charge in [0.1, 0.15) is 0 Å². The van der Waals surface area contributed by atoms with E-state index >= 15 is 0 Å². The van der Waals surface area contributed by atoms with Crippen LogP contribution in [0.1, 0.15) is 33.9 Å². The van der Waals surface area contributed by atoms with E-state index in [0.29, 0.717) is 6.04 Å². The third kappa shape index (κ3) is 2.45. The van der Waals surface area contributed by atoms with Crippen molar-refractivity contribution in [2.24, 2.45) is 0 Å². The summed E-state index contributed by atoms with van der Waals surface area (Å²) in [6.45, 7) is 9.78. The molecule has 0 heterocycles. The van der Waals surface area contributed by atoms with Crippen molar-refractivity contribution < 1.29 is 0 Å². The second-order valence-corrected chi connectivity index (χ2v) is 4.57. The fourth-order valence-electron chi connectivity index (χ4n) is 2.32. The van der Waals surface area contributed by atoms with Crippen LogP contribution < -0.4 is 10.6 Å². The summed E-state index contributed by atoms with van der Waals surface area (Å²) in [7, 11) is 4.02. The topological polar surface area (TPSA) is 24.1 Å². The van der Waals surface area contributed by atoms with Gasteiger partial charge in [-0.2, -0.15) is 0 Å². The second-order valence-electron chi connectivity index (χ2n) is 4.57. The first-order chi connectivity index (χ1) is 7.52. The zero-order valence-corrected chi connectivity index (χ0v) is 11.4. The van der Waals surface area contributed by atoms with Crippen LogP contribution in [0.25, 0.3) is 0 Å². The smallest absolute Gasteiger partial charge is 0.0449 e. The van der Waals surface area contributed by atoms with Crippen LogP contribution in [-0.2, 0) is 0 Å². The molecule has 1 aromatic carbocycles. The minimum atomic E-state index is 0.392. The zero-order chi connectivity index (χ0) is 12.3. The third-order valence-electron chi connectivity index (χ3n) is 3.53. The fraction of sp³-hybridized carbons (Fsp3) is 0.571. The number of hydrogen-bond acceptors (Lipinski definition) is 2. The molecule has 0 fully saturated rings. The van der Waals surface area contributed by atoms with E-state index in [1.807, 2.05) is 14.1 Å². The quantitative estimate of drug-likeness (QED) is 0.814. The molecule has 0 amide bonds. The normalized spacial score (nSPS) is 12.9. The number of rotatable bonds is 4. The Morgan fingerprint density at radius 2 is 1.50 bits per heavy atom. The lowest BCUT2D eigenvalue weighted by Crippen LogP contribution is -2.29. The summed E-state index contributed by atoms with van der Waals surface area (Å²) in [5, 5.41) is 6.64. The van der Waals surface area contributed by atoms with Crippen molar-refractivity contribution in [2.75, 3.05) is 20.6 Å². The Labute approximate surface area is 99.5 Å². The zero-order valence-electron chi connectivity index (χ0n) is 11.4. The molecule has 0 bridgehead atoms. The summed E-state index contributed by atoms with van der Waals surface area (Å²) in [6, 6.07) is 2.67. The van der Waals surface area contributed by atoms with Gasteiger partial charge in [-0.15, -0.1) is 0 Å². The van der Waals surface area contributed by atoms with Gasteiger partial charge >= 0.3 is 0 Å². The van der Waals surface area contributed by atoms with Gasteiger partial charge in [0, 0.05) is 12.6 Å². The first-order valence-corrected chi connectivity index (χ1v) is 5.92. The molecule has 2 nitrogen and oxygen atoms in total. The van der Waals surface area contributed by atoms with Gasteiger partial charge in [-0.3, -0.25) is 0 Å². The predicted molar refractivity (Wildman–Crippen MR) is 71.1 cm³/mol. The number of likely N-dealkylation sites (N-methyl/N-ethyl adjacent to an activating group) is 2. The fourth-order valence-corrected chi connectivity index (χ4v) is 2.32. The molecular weight excluding hydrogens is 196 g/mol. The Hall–Kier alpha value is -0.860. The number of hydrogen-bond donors (Lipinski definition) is 2. The molecule has 0 radical (unpaired) electrons. The summed E-state index contributed by atoms with van der Waals surface area (Å²) in [6.07, 6.45) is 0. The highest BCUT2D eigenvalue weighted by Gasteiger charge is 2.16. The van der Waals surface area contributed by atoms with Crippen molar-refractivity contribution >= 4 is 0 Å². The summed E-state index contributed by atoms with van der Waals surface area (Å²) in [5.41, 5.74) is 7.05. The first kappa shape index (κ1) is 13.2. The SMILES string of the molecule is CNCC(NC)c1c(C)c(C)cc(C)c1C. The van der Waals surface area contributed by atoms with E-state index in [1.165, 1.54) is 27.8 Å². The Bertz CT molecular complexity index is 343. The number of aryl methyl sites for hydroxylation is 2. The molecule has 2 heteroatoms. The van der Waals surface area contributed by atoms with Gasteiger partial charge in [-0.1, -0.05) is 6.07 Å². The highest BCUT2D eigenvalue weighted by atomic mass is 14.9. The molecule has 1 atom stereocenters. The summed E-state index contributed by atoms with van der Waals surface area (Å²) in [5.74, 6) is 0. The first-order valence-electron chi connectivity index (χ1n) is 5.92. The molecule has 1 rings (SSSR count). The van der Waals surface area contributed by atoms with Crippen LogP contribution >= 0.6 is 0 Å². The monoisotopic (exact) mass is 220 g/mol. The van der Waals surface area contributed by atoms with Gasteiger partial charge < -0.3 is 10.6 Å². The minimum absolute atomic E-state index is 0.392. The minimum Gasteiger partial charge on any atom is -0.318 e. The van der Waals surface area contributed by atoms with Gasteiger partial charge in [0.05, 0.1) is 0 Å². The van der Waals surface area contributed by atoms with E-state index in [0.717, 1.165) is 6.54 Å². The Kier molecular flexibility index (Phi) is 4.51. The van der Waals surface area contributed by atoms with E-state index in [9.17, 15) is 0 Å². The Morgan fingerprint density at radius 3 is 1.88 bits per heavy atom. The maximum Gasteiger partial charge on any atom is 0.0449 e. The maximum absolute atomic E-state index is 3.39. The number of nitrogens with one attached hydrogen (secondary N) is 2. The van der Waals surface area contributed by atoms with E-state index in [1.54, 1.807) is 0 Å². The average Bonchev–Trinajstić information content (AvgIpc) is 2.25. The lowest BCUT2D eigenvalue weighted by Gasteiger charge is -2.23. The van der Waals surface area contributed by atoms with Crippen molar-refractivity contribution in [1.29, 1.82) is 0 Å². The van der Waals surface area contributed by atoms with Crippen LogP contribution in [0, 0.1) is 27.7 Å². The van der Waals surface area contributed by atoms with E-state index in [-0.39, 0.29) is 0 Å². The van der Waals surface area contributed by atoms with Crippen LogP contribution in [0.4, 0.5) is 0 Å². The molecule has 1 aromatic rings. The van der Waals surface area contributed by atoms with E-state index < -0.39 is 0 Å². The van der Waals surface area contributed by atoms with Crippen LogP contribution in [0.5, 0.6) is 0 Å². The van der Waals surface area contributed by atoms with Crippen molar-refractivity contribution in [1.82, 2.24) is 10.6 Å². The largest absolute Gasteiger partial charge is 0.318 e. The number of benzene rings is 1. The molecule has 0 aliphatic carbocycles. The van der Waals surface area contributed by atoms with Crippen LogP contribution in [-0.4, -0.2) is 20.6 Å². The Morgan fingerprint density at radius 1 is 1.00 bits per heavy atom. The maximum atomic E-state index is 3.39. The van der Waals surface area contributed by atoms with Gasteiger partial charge in [-0.25, -0.2) is 0 Å². The van der Waals surface area contributed by atoms with Crippen LogP contribution in [0.15, 0.2) is 6.07 Å². The standard InChI is InChI=1S/C14H24N2/c1-9-7-10(2)12(4)14(11(9)3)13(16-6)8-15-5/h7,13,15-16H,8H2,1-6H3. The van der Waals surface area contributed by atoms with Crippen molar-refractivity contribution in [3.63, 3.8) is 0 Å². The molecule has 90 valence electrons. The molecule has 0 aliphatic heterocycles. The molecular formula is C14H24N2. The Balaban J connectivity index is 3.29. The van der Waals surface area contributed by atoms with Crippen LogP contribution in [0.3, 0.4) is 0 Å². The van der Waals surface area contributed by atoms with Crippen LogP contribution in [0.2, 0.25) is 0 Å². The lowest BCUT2D eigenvalue weighted by atomic mass is 9.89. The van der Waals surface area contributed by atoms with Crippen molar-refractivity contribution in [2.45, 2.75) is 33.7 Å². The lowest BCUT2D eigenvalue weighted by molar-refractivity contribution is 0.552. The third-order valence-corrected chi connectivity index (χ3v) is 3.53. The summed E-state index contributed by atoms with van der Waals surface area (Å²) < 4.78 is 0. The predicted octanol–water partition coefficient (Wildman–Crippen LogP) is 2.40. The van der Waals surface area contributed by atoms with Gasteiger partial charge in [0.25, 0.3) is 0 Å². The summed E-state index contributed by atoms with van der Waals surface area (Å²) >= 11 is 0.